The predicted molar refractivity (Wildman–Crippen MR) is 29.3 cm³/mol. The highest BCUT2D eigenvalue weighted by Gasteiger charge is 1.66. The fourth-order valence-corrected chi connectivity index (χ4v) is 0.118. The van der Waals surface area contributed by atoms with Gasteiger partial charge >= 0.3 is 0 Å². The van der Waals surface area contributed by atoms with Crippen LogP contribution in [-0.4, -0.2) is 0 Å². The average Bonchev–Trinajstić information content (AvgIpc) is 1.65. The van der Waals surface area contributed by atoms with Crippen LogP contribution in [0.15, 0.2) is 24.3 Å². The molecule has 1 radical (unpaired) electrons. The normalized spacial score (nSPS) is 11.3. The van der Waals surface area contributed by atoms with E-state index in [1.807, 2.05) is 13.0 Å². The largest absolute Gasteiger partial charge is 0.0988 e. The highest BCUT2D eigenvalue weighted by molar-refractivity contribution is 5.17. The van der Waals surface area contributed by atoms with Crippen LogP contribution in [0.2, 0.25) is 0 Å². The molecule has 0 nitrogen and oxygen atoms in total. The molecule has 0 heteroatoms. The summed E-state index contributed by atoms with van der Waals surface area (Å²) in [5.41, 5.74) is 0.981. The molecular weight excluding hydrogens is 72.1 g/mol. The van der Waals surface area contributed by atoms with Gasteiger partial charge in [0.1, 0.15) is 0 Å². The van der Waals surface area contributed by atoms with Gasteiger partial charge in [0.2, 0.25) is 0 Å². The van der Waals surface area contributed by atoms with Crippen molar-refractivity contribution in [1.29, 1.82) is 0 Å². The Labute approximate surface area is 39.2 Å². The molecule has 0 rings (SSSR count). The van der Waals surface area contributed by atoms with Crippen LogP contribution in [0.4, 0.5) is 0 Å². The SMILES string of the molecule is [CH2]/C(C=C)=C/C. The second kappa shape index (κ2) is 2.70. The monoisotopic (exact) mass is 81.1 g/mol. The predicted octanol–water partition coefficient (Wildman–Crippen LogP) is 1.95. The van der Waals surface area contributed by atoms with Crippen LogP contribution in [-0.2, 0) is 0 Å². The third kappa shape index (κ3) is 1.77. The Balaban J connectivity index is 3.50. The van der Waals surface area contributed by atoms with E-state index >= 15 is 0 Å². The lowest BCUT2D eigenvalue weighted by Gasteiger charge is -1.78. The van der Waals surface area contributed by atoms with Crippen molar-refractivity contribution in [2.45, 2.75) is 6.92 Å². The Morgan fingerprint density at radius 2 is 2.17 bits per heavy atom. The van der Waals surface area contributed by atoms with Crippen molar-refractivity contribution in [3.8, 4) is 0 Å². The van der Waals surface area contributed by atoms with E-state index < -0.39 is 0 Å². The summed E-state index contributed by atoms with van der Waals surface area (Å²) in [5.74, 6) is 0. The van der Waals surface area contributed by atoms with Crippen molar-refractivity contribution in [3.05, 3.63) is 31.2 Å². The van der Waals surface area contributed by atoms with E-state index in [0.717, 1.165) is 5.57 Å². The van der Waals surface area contributed by atoms with Gasteiger partial charge in [-0.2, -0.15) is 0 Å². The van der Waals surface area contributed by atoms with Gasteiger partial charge in [0, 0.05) is 0 Å². The van der Waals surface area contributed by atoms with Gasteiger partial charge in [0.15, 0.2) is 0 Å². The summed E-state index contributed by atoms with van der Waals surface area (Å²) in [6, 6.07) is 0. The minimum absolute atomic E-state index is 0.981. The number of allylic oxidation sites excluding steroid dienone is 3. The minimum atomic E-state index is 0.981. The van der Waals surface area contributed by atoms with Crippen LogP contribution in [0.25, 0.3) is 0 Å². The first kappa shape index (κ1) is 5.48. The third-order valence-electron chi connectivity index (χ3n) is 0.633. The summed E-state index contributed by atoms with van der Waals surface area (Å²) < 4.78 is 0. The van der Waals surface area contributed by atoms with Gasteiger partial charge in [-0.1, -0.05) is 24.3 Å². The minimum Gasteiger partial charge on any atom is -0.0988 e. The molecule has 0 atom stereocenters. The van der Waals surface area contributed by atoms with Crippen molar-refractivity contribution >= 4 is 0 Å². The van der Waals surface area contributed by atoms with Crippen LogP contribution in [0.3, 0.4) is 0 Å². The summed E-state index contributed by atoms with van der Waals surface area (Å²) in [6.07, 6.45) is 3.63. The van der Waals surface area contributed by atoms with Crippen LogP contribution in [0, 0.1) is 6.92 Å². The van der Waals surface area contributed by atoms with Crippen molar-refractivity contribution < 1.29 is 0 Å². The van der Waals surface area contributed by atoms with Crippen molar-refractivity contribution in [3.63, 3.8) is 0 Å². The molecule has 0 aromatic rings. The maximum Gasteiger partial charge on any atom is -0.0242 e. The Hall–Kier alpha value is -0.520. The first-order chi connectivity index (χ1) is 2.81. The van der Waals surface area contributed by atoms with Crippen molar-refractivity contribution in [2.24, 2.45) is 0 Å². The fourth-order valence-electron chi connectivity index (χ4n) is 0.118. The zero-order valence-corrected chi connectivity index (χ0v) is 4.07. The Kier molecular flexibility index (Phi) is 2.47. The molecule has 33 valence electrons. The van der Waals surface area contributed by atoms with Gasteiger partial charge in [0.25, 0.3) is 0 Å². The third-order valence-corrected chi connectivity index (χ3v) is 0.633. The second-order valence-corrected chi connectivity index (χ2v) is 1.07. The zero-order valence-electron chi connectivity index (χ0n) is 4.07. The highest BCUT2D eigenvalue weighted by atomic mass is 13.7. The Bertz CT molecular complexity index is 68.1. The van der Waals surface area contributed by atoms with E-state index in [1.54, 1.807) is 6.08 Å². The highest BCUT2D eigenvalue weighted by Crippen LogP contribution is 1.87. The van der Waals surface area contributed by atoms with E-state index in [9.17, 15) is 0 Å². The summed E-state index contributed by atoms with van der Waals surface area (Å²) in [5, 5.41) is 0. The van der Waals surface area contributed by atoms with Crippen LogP contribution >= 0.6 is 0 Å². The first-order valence-corrected chi connectivity index (χ1v) is 1.92. The summed E-state index contributed by atoms with van der Waals surface area (Å²) in [7, 11) is 0. The molecule has 0 bridgehead atoms. The molecule has 0 aliphatic carbocycles. The van der Waals surface area contributed by atoms with E-state index in [0.29, 0.717) is 0 Å². The topological polar surface area (TPSA) is 0 Å². The van der Waals surface area contributed by atoms with Crippen LogP contribution in [0.1, 0.15) is 6.92 Å². The molecule has 0 aromatic heterocycles. The van der Waals surface area contributed by atoms with E-state index in [-0.39, 0.29) is 0 Å². The molecular formula is C6H9. The maximum absolute atomic E-state index is 3.62. The van der Waals surface area contributed by atoms with E-state index in [1.165, 1.54) is 0 Å². The molecule has 0 unspecified atom stereocenters. The molecule has 0 fully saturated rings. The number of hydrogen-bond donors (Lipinski definition) is 0. The zero-order chi connectivity index (χ0) is 4.99. The molecule has 0 amide bonds. The Morgan fingerprint density at radius 3 is 2.17 bits per heavy atom. The number of hydrogen-bond acceptors (Lipinski definition) is 0. The molecule has 0 aromatic carbocycles. The molecule has 6 heavy (non-hydrogen) atoms. The smallest absolute Gasteiger partial charge is 0.0242 e. The number of rotatable bonds is 1. The lowest BCUT2D eigenvalue weighted by molar-refractivity contribution is 1.62. The van der Waals surface area contributed by atoms with Gasteiger partial charge in [-0.15, -0.1) is 0 Å². The quantitative estimate of drug-likeness (QED) is 0.423. The summed E-state index contributed by atoms with van der Waals surface area (Å²) in [6.45, 7) is 9.05. The Morgan fingerprint density at radius 1 is 1.67 bits per heavy atom. The molecule has 0 saturated heterocycles. The molecule has 0 N–H and O–H groups in total. The summed E-state index contributed by atoms with van der Waals surface area (Å²) >= 11 is 0. The molecule has 0 aliphatic rings. The molecule has 0 spiro atoms. The molecule has 0 aliphatic heterocycles. The van der Waals surface area contributed by atoms with Gasteiger partial charge in [0.05, 0.1) is 0 Å². The average molecular weight is 81.1 g/mol. The molecule has 0 saturated carbocycles. The summed E-state index contributed by atoms with van der Waals surface area (Å²) in [4.78, 5) is 0. The lowest BCUT2D eigenvalue weighted by atomic mass is 10.3. The molecule has 0 heterocycles. The van der Waals surface area contributed by atoms with Crippen LogP contribution < -0.4 is 0 Å². The van der Waals surface area contributed by atoms with Crippen molar-refractivity contribution in [2.75, 3.05) is 0 Å². The van der Waals surface area contributed by atoms with Gasteiger partial charge in [-0.3, -0.25) is 0 Å². The standard InChI is InChI=1S/C6H9/c1-4-6(3)5-2/h4-5H,1,3H2,2H3/b6-5-. The lowest BCUT2D eigenvalue weighted by Crippen LogP contribution is -1.58. The van der Waals surface area contributed by atoms with Crippen LogP contribution in [0.5, 0.6) is 0 Å². The first-order valence-electron chi connectivity index (χ1n) is 1.92. The fraction of sp³-hybridized carbons (Fsp3) is 0.167. The van der Waals surface area contributed by atoms with Gasteiger partial charge in [-0.05, 0) is 13.8 Å². The van der Waals surface area contributed by atoms with Gasteiger partial charge < -0.3 is 0 Å². The second-order valence-electron chi connectivity index (χ2n) is 1.07. The van der Waals surface area contributed by atoms with Crippen molar-refractivity contribution in [1.82, 2.24) is 0 Å². The van der Waals surface area contributed by atoms with Gasteiger partial charge in [-0.25, -0.2) is 0 Å². The van der Waals surface area contributed by atoms with E-state index in [4.69, 9.17) is 0 Å². The van der Waals surface area contributed by atoms with E-state index in [2.05, 4.69) is 13.5 Å². The maximum atomic E-state index is 3.62.